The number of halogens is 1. The Morgan fingerprint density at radius 2 is 2.00 bits per heavy atom. The zero-order valence-electron chi connectivity index (χ0n) is 15.6. The van der Waals surface area contributed by atoms with E-state index in [-0.39, 0.29) is 28.7 Å². The average Bonchev–Trinajstić information content (AvgIpc) is 3.24. The van der Waals surface area contributed by atoms with Crippen LogP contribution >= 0.6 is 0 Å². The normalized spacial score (nSPS) is 20.8. The monoisotopic (exact) mass is 352 g/mol. The van der Waals surface area contributed by atoms with Crippen LogP contribution in [-0.4, -0.2) is 20.9 Å². The summed E-state index contributed by atoms with van der Waals surface area (Å²) in [6.45, 7) is 13.5. The number of hydrogen-bond acceptors (Lipinski definition) is 3. The number of benzene rings is 1. The first-order valence-electron chi connectivity index (χ1n) is 8.65. The van der Waals surface area contributed by atoms with Crippen LogP contribution in [0.4, 0.5) is 4.39 Å². The maximum atomic E-state index is 14.4. The van der Waals surface area contributed by atoms with Crippen molar-refractivity contribution in [2.24, 2.45) is 5.92 Å². The van der Waals surface area contributed by atoms with Gasteiger partial charge < -0.3 is 9.16 Å². The minimum atomic E-state index is -1.85. The molecule has 0 aliphatic heterocycles. The molecular formula is C19H29FO3Si. The molecule has 24 heavy (non-hydrogen) atoms. The van der Waals surface area contributed by atoms with Crippen LogP contribution in [0.1, 0.15) is 51.2 Å². The van der Waals surface area contributed by atoms with Gasteiger partial charge in [-0.3, -0.25) is 4.79 Å². The van der Waals surface area contributed by atoms with Gasteiger partial charge in [0.25, 0.3) is 0 Å². The second kappa shape index (κ2) is 6.96. The Morgan fingerprint density at radius 1 is 1.33 bits per heavy atom. The van der Waals surface area contributed by atoms with Crippen molar-refractivity contribution >= 4 is 14.3 Å². The molecule has 2 atom stereocenters. The lowest BCUT2D eigenvalue weighted by atomic mass is 10.1. The molecule has 0 saturated heterocycles. The van der Waals surface area contributed by atoms with Gasteiger partial charge in [-0.25, -0.2) is 4.39 Å². The SMILES string of the molecule is CCOC(=O)C1CC1c1ccc(CO[Si](C)(C)C(C)(C)C)cc1F. The van der Waals surface area contributed by atoms with Gasteiger partial charge in [0.15, 0.2) is 8.32 Å². The van der Waals surface area contributed by atoms with Crippen LogP contribution in [0.15, 0.2) is 18.2 Å². The smallest absolute Gasteiger partial charge is 0.309 e. The number of esters is 1. The molecule has 0 N–H and O–H groups in total. The van der Waals surface area contributed by atoms with E-state index in [9.17, 15) is 9.18 Å². The van der Waals surface area contributed by atoms with Gasteiger partial charge in [-0.15, -0.1) is 0 Å². The van der Waals surface area contributed by atoms with Crippen molar-refractivity contribution < 1.29 is 18.3 Å². The van der Waals surface area contributed by atoms with Crippen molar-refractivity contribution in [2.45, 2.75) is 64.8 Å². The van der Waals surface area contributed by atoms with E-state index in [4.69, 9.17) is 9.16 Å². The molecule has 0 radical (unpaired) electrons. The molecular weight excluding hydrogens is 323 g/mol. The Kier molecular flexibility index (Phi) is 5.55. The molecule has 0 spiro atoms. The van der Waals surface area contributed by atoms with E-state index in [1.807, 2.05) is 6.07 Å². The molecule has 1 fully saturated rings. The van der Waals surface area contributed by atoms with Gasteiger partial charge in [0.1, 0.15) is 5.82 Å². The van der Waals surface area contributed by atoms with Gasteiger partial charge in [-0.2, -0.15) is 0 Å². The fourth-order valence-electron chi connectivity index (χ4n) is 2.49. The molecule has 2 rings (SSSR count). The minimum absolute atomic E-state index is 0.0422. The lowest BCUT2D eigenvalue weighted by Gasteiger charge is -2.36. The quantitative estimate of drug-likeness (QED) is 0.533. The van der Waals surface area contributed by atoms with Crippen LogP contribution in [0.3, 0.4) is 0 Å². The predicted octanol–water partition coefficient (Wildman–Crippen LogP) is 5.01. The molecule has 5 heteroatoms. The highest BCUT2D eigenvalue weighted by atomic mass is 28.4. The summed E-state index contributed by atoms with van der Waals surface area (Å²) in [5.74, 6) is -0.691. The summed E-state index contributed by atoms with van der Waals surface area (Å²) in [6.07, 6.45) is 0.676. The third-order valence-corrected chi connectivity index (χ3v) is 9.73. The maximum Gasteiger partial charge on any atom is 0.309 e. The molecule has 0 bridgehead atoms. The molecule has 1 aromatic rings. The van der Waals surface area contributed by atoms with E-state index in [0.717, 1.165) is 5.56 Å². The van der Waals surface area contributed by atoms with Crippen LogP contribution in [0.5, 0.6) is 0 Å². The standard InChI is InChI=1S/C19H29FO3Si/c1-7-22-18(21)16-11-15(16)14-9-8-13(10-17(14)20)12-23-24(5,6)19(2,3)4/h8-10,15-16H,7,11-12H2,1-6H3. The van der Waals surface area contributed by atoms with Crippen LogP contribution in [0.2, 0.25) is 18.1 Å². The molecule has 134 valence electrons. The van der Waals surface area contributed by atoms with Gasteiger partial charge in [0.05, 0.1) is 19.1 Å². The lowest BCUT2D eigenvalue weighted by molar-refractivity contribution is -0.144. The van der Waals surface area contributed by atoms with E-state index in [1.165, 1.54) is 0 Å². The molecule has 1 aliphatic rings. The zero-order valence-corrected chi connectivity index (χ0v) is 16.6. The van der Waals surface area contributed by atoms with E-state index < -0.39 is 8.32 Å². The Labute approximate surface area is 145 Å². The number of hydrogen-bond donors (Lipinski definition) is 0. The summed E-state index contributed by atoms with van der Waals surface area (Å²) in [4.78, 5) is 11.7. The van der Waals surface area contributed by atoms with Crippen LogP contribution in [0, 0.1) is 11.7 Å². The topological polar surface area (TPSA) is 35.5 Å². The molecule has 1 aromatic carbocycles. The second-order valence-electron chi connectivity index (χ2n) is 8.11. The van der Waals surface area contributed by atoms with Gasteiger partial charge >= 0.3 is 5.97 Å². The fourth-order valence-corrected chi connectivity index (χ4v) is 3.45. The fraction of sp³-hybridized carbons (Fsp3) is 0.632. The predicted molar refractivity (Wildman–Crippen MR) is 95.9 cm³/mol. The third-order valence-electron chi connectivity index (χ3n) is 5.25. The largest absolute Gasteiger partial charge is 0.466 e. The Balaban J connectivity index is 2.00. The molecule has 0 heterocycles. The van der Waals surface area contributed by atoms with E-state index in [1.54, 1.807) is 19.1 Å². The first-order valence-corrected chi connectivity index (χ1v) is 11.6. The minimum Gasteiger partial charge on any atom is -0.466 e. The highest BCUT2D eigenvalue weighted by Crippen LogP contribution is 2.49. The Hall–Kier alpha value is -1.20. The van der Waals surface area contributed by atoms with Crippen molar-refractivity contribution in [1.82, 2.24) is 0 Å². The molecule has 0 amide bonds. The van der Waals surface area contributed by atoms with Crippen LogP contribution < -0.4 is 0 Å². The highest BCUT2D eigenvalue weighted by molar-refractivity contribution is 6.74. The highest BCUT2D eigenvalue weighted by Gasteiger charge is 2.46. The van der Waals surface area contributed by atoms with Crippen molar-refractivity contribution in [3.63, 3.8) is 0 Å². The average molecular weight is 353 g/mol. The van der Waals surface area contributed by atoms with E-state index in [2.05, 4.69) is 33.9 Å². The first-order chi connectivity index (χ1) is 11.1. The number of rotatable bonds is 6. The maximum absolute atomic E-state index is 14.4. The lowest BCUT2D eigenvalue weighted by Crippen LogP contribution is -2.40. The van der Waals surface area contributed by atoms with Crippen LogP contribution in [-0.2, 0) is 20.6 Å². The van der Waals surface area contributed by atoms with Crippen molar-refractivity contribution in [1.29, 1.82) is 0 Å². The summed E-state index contributed by atoms with van der Waals surface area (Å²) in [5, 5.41) is 0.131. The summed E-state index contributed by atoms with van der Waals surface area (Å²) in [7, 11) is -1.85. The third kappa shape index (κ3) is 4.25. The van der Waals surface area contributed by atoms with E-state index in [0.29, 0.717) is 25.2 Å². The molecule has 1 saturated carbocycles. The number of carbonyl (C=O) groups excluding carboxylic acids is 1. The molecule has 0 aromatic heterocycles. The van der Waals surface area contributed by atoms with Gasteiger partial charge in [-0.1, -0.05) is 32.9 Å². The summed E-state index contributed by atoms with van der Waals surface area (Å²) in [6, 6.07) is 5.25. The van der Waals surface area contributed by atoms with Gasteiger partial charge in [0.2, 0.25) is 0 Å². The van der Waals surface area contributed by atoms with Crippen LogP contribution in [0.25, 0.3) is 0 Å². The molecule has 1 aliphatic carbocycles. The molecule has 3 nitrogen and oxygen atoms in total. The molecule has 2 unspecified atom stereocenters. The number of carbonyl (C=O) groups is 1. The first kappa shape index (κ1) is 19.1. The summed E-state index contributed by atoms with van der Waals surface area (Å²) in [5.41, 5.74) is 1.46. The zero-order chi connectivity index (χ0) is 18.1. The summed E-state index contributed by atoms with van der Waals surface area (Å²) >= 11 is 0. The van der Waals surface area contributed by atoms with Crippen molar-refractivity contribution in [2.75, 3.05) is 6.61 Å². The van der Waals surface area contributed by atoms with Gasteiger partial charge in [-0.05, 0) is 48.7 Å². The Bertz CT molecular complexity index is 607. The van der Waals surface area contributed by atoms with Crippen molar-refractivity contribution in [3.05, 3.63) is 35.1 Å². The van der Waals surface area contributed by atoms with Crippen molar-refractivity contribution in [3.8, 4) is 0 Å². The van der Waals surface area contributed by atoms with Gasteiger partial charge in [0, 0.05) is 5.92 Å². The second-order valence-corrected chi connectivity index (χ2v) is 12.9. The summed E-state index contributed by atoms with van der Waals surface area (Å²) < 4.78 is 25.6. The van der Waals surface area contributed by atoms with E-state index >= 15 is 0 Å². The Morgan fingerprint density at radius 3 is 2.54 bits per heavy atom. The number of ether oxygens (including phenoxy) is 1.